The first-order valence-electron chi connectivity index (χ1n) is 2.74. The maximum atomic E-state index is 8.49. The highest BCUT2D eigenvalue weighted by atomic mass is 79.9. The van der Waals surface area contributed by atoms with Gasteiger partial charge in [-0.1, -0.05) is 6.08 Å². The molecule has 0 aromatic carbocycles. The van der Waals surface area contributed by atoms with E-state index in [1.165, 1.54) is 4.90 Å². The van der Waals surface area contributed by atoms with Gasteiger partial charge in [-0.3, -0.25) is 4.90 Å². The lowest BCUT2D eigenvalue weighted by molar-refractivity contribution is 0.521. The molecule has 3 nitrogen and oxygen atoms in total. The predicted octanol–water partition coefficient (Wildman–Crippen LogP) is 0.862. The summed E-state index contributed by atoms with van der Waals surface area (Å²) >= 11 is 3.21. The van der Waals surface area contributed by atoms with Crippen LogP contribution in [0.4, 0.5) is 0 Å². The van der Waals surface area contributed by atoms with Crippen LogP contribution in [-0.4, -0.2) is 11.4 Å². The summed E-state index contributed by atoms with van der Waals surface area (Å²) in [5.74, 6) is 0.477. The van der Waals surface area contributed by atoms with E-state index in [1.54, 1.807) is 0 Å². The molecule has 1 aliphatic rings. The first-order chi connectivity index (χ1) is 4.75. The van der Waals surface area contributed by atoms with Gasteiger partial charge in [0, 0.05) is 0 Å². The summed E-state index contributed by atoms with van der Waals surface area (Å²) in [5, 5.41) is 8.49. The van der Waals surface area contributed by atoms with Crippen LogP contribution in [0, 0.1) is 11.5 Å². The quantitative estimate of drug-likeness (QED) is 0.590. The molecule has 1 aliphatic heterocycles. The van der Waals surface area contributed by atoms with Crippen molar-refractivity contribution >= 4 is 15.9 Å². The Morgan fingerprint density at radius 1 is 1.80 bits per heavy atom. The molecule has 0 spiro atoms. The molecule has 1 rings (SSSR count). The van der Waals surface area contributed by atoms with Crippen molar-refractivity contribution in [2.45, 2.75) is 0 Å². The molecule has 0 amide bonds. The van der Waals surface area contributed by atoms with Gasteiger partial charge >= 0.3 is 0 Å². The van der Waals surface area contributed by atoms with Gasteiger partial charge in [0.05, 0.1) is 11.0 Å². The maximum absolute atomic E-state index is 8.49. The van der Waals surface area contributed by atoms with Gasteiger partial charge < -0.3 is 5.73 Å². The zero-order valence-corrected chi connectivity index (χ0v) is 6.80. The van der Waals surface area contributed by atoms with Crippen molar-refractivity contribution in [1.82, 2.24) is 4.90 Å². The topological polar surface area (TPSA) is 53.0 Å². The van der Waals surface area contributed by atoms with E-state index in [1.807, 2.05) is 18.3 Å². The number of halogens is 1. The summed E-state index contributed by atoms with van der Waals surface area (Å²) in [5.41, 5.74) is 5.52. The Bertz CT molecular complexity index is 236. The van der Waals surface area contributed by atoms with E-state index in [2.05, 4.69) is 15.9 Å². The Balaban J connectivity index is 2.90. The van der Waals surface area contributed by atoms with Gasteiger partial charge in [0.2, 0.25) is 0 Å². The molecule has 2 N–H and O–H groups in total. The molecule has 0 radical (unpaired) electrons. The van der Waals surface area contributed by atoms with Crippen LogP contribution >= 0.6 is 15.9 Å². The van der Waals surface area contributed by atoms with Gasteiger partial charge in [0.25, 0.3) is 0 Å². The van der Waals surface area contributed by atoms with Gasteiger partial charge in [-0.05, 0) is 22.0 Å². The minimum Gasteiger partial charge on any atom is -0.384 e. The lowest BCUT2D eigenvalue weighted by atomic mass is 10.3. The lowest BCUT2D eigenvalue weighted by Gasteiger charge is -2.17. The highest BCUT2D eigenvalue weighted by Crippen LogP contribution is 2.16. The van der Waals surface area contributed by atoms with Crippen LogP contribution < -0.4 is 5.73 Å². The molecule has 10 heavy (non-hydrogen) atoms. The van der Waals surface area contributed by atoms with Gasteiger partial charge in [-0.2, -0.15) is 5.26 Å². The Morgan fingerprint density at radius 3 is 3.00 bits per heavy atom. The predicted molar refractivity (Wildman–Crippen MR) is 41.6 cm³/mol. The minimum atomic E-state index is 0.477. The first kappa shape index (κ1) is 7.16. The van der Waals surface area contributed by atoms with Gasteiger partial charge in [-0.15, -0.1) is 0 Å². The van der Waals surface area contributed by atoms with E-state index >= 15 is 0 Å². The molecule has 1 heterocycles. The summed E-state index contributed by atoms with van der Waals surface area (Å²) in [6, 6.07) is 0. The van der Waals surface area contributed by atoms with E-state index in [0.717, 1.165) is 4.48 Å². The third-order valence-corrected chi connectivity index (χ3v) is 1.88. The molecule has 0 aromatic heterocycles. The Kier molecular flexibility index (Phi) is 1.97. The number of nitrogens with two attached hydrogens (primary N) is 1. The average Bonchev–Trinajstić information content (AvgIpc) is 1.95. The fourth-order valence-corrected chi connectivity index (χ4v) is 1.07. The molecule has 0 aliphatic carbocycles. The second-order valence-electron chi connectivity index (χ2n) is 1.85. The molecule has 0 unspecified atom stereocenters. The molecular formula is C6H6BrN3. The van der Waals surface area contributed by atoms with Crippen LogP contribution in [0.25, 0.3) is 0 Å². The SMILES string of the molecule is N#CN1CC=CC(Br)=C1N. The fourth-order valence-electron chi connectivity index (χ4n) is 0.669. The van der Waals surface area contributed by atoms with Crippen molar-refractivity contribution in [3.63, 3.8) is 0 Å². The molecule has 0 saturated carbocycles. The third-order valence-electron chi connectivity index (χ3n) is 1.21. The van der Waals surface area contributed by atoms with E-state index in [4.69, 9.17) is 11.0 Å². The van der Waals surface area contributed by atoms with Crippen molar-refractivity contribution in [2.75, 3.05) is 6.54 Å². The van der Waals surface area contributed by atoms with Crippen molar-refractivity contribution in [1.29, 1.82) is 5.26 Å². The van der Waals surface area contributed by atoms with Crippen LogP contribution in [0.5, 0.6) is 0 Å². The smallest absolute Gasteiger partial charge is 0.185 e. The third kappa shape index (κ3) is 1.14. The van der Waals surface area contributed by atoms with E-state index in [-0.39, 0.29) is 0 Å². The average molecular weight is 200 g/mol. The second kappa shape index (κ2) is 2.76. The van der Waals surface area contributed by atoms with Gasteiger partial charge in [0.1, 0.15) is 5.82 Å². The lowest BCUT2D eigenvalue weighted by Crippen LogP contribution is -2.25. The zero-order valence-electron chi connectivity index (χ0n) is 5.21. The van der Waals surface area contributed by atoms with Gasteiger partial charge in [0.15, 0.2) is 6.19 Å². The number of allylic oxidation sites excluding steroid dienone is 2. The highest BCUT2D eigenvalue weighted by Gasteiger charge is 2.09. The van der Waals surface area contributed by atoms with Crippen LogP contribution in [0.2, 0.25) is 0 Å². The molecule has 0 atom stereocenters. The summed E-state index contributed by atoms with van der Waals surface area (Å²) in [7, 11) is 0. The van der Waals surface area contributed by atoms with E-state index in [9.17, 15) is 0 Å². The van der Waals surface area contributed by atoms with Crippen LogP contribution in [0.3, 0.4) is 0 Å². The summed E-state index contributed by atoms with van der Waals surface area (Å²) < 4.78 is 0.764. The van der Waals surface area contributed by atoms with Crippen LogP contribution in [-0.2, 0) is 0 Å². The standard InChI is InChI=1S/C6H6BrN3/c7-5-2-1-3-10(4-8)6(5)9/h1-2H,3,9H2. The molecular weight excluding hydrogens is 194 g/mol. The number of nitrogens with zero attached hydrogens (tertiary/aromatic N) is 2. The monoisotopic (exact) mass is 199 g/mol. The second-order valence-corrected chi connectivity index (χ2v) is 2.70. The van der Waals surface area contributed by atoms with Crippen LogP contribution in [0.1, 0.15) is 0 Å². The summed E-state index contributed by atoms with van der Waals surface area (Å²) in [4.78, 5) is 1.41. The Labute approximate surface area is 67.5 Å². The van der Waals surface area contributed by atoms with Crippen molar-refractivity contribution < 1.29 is 0 Å². The number of hydrogen-bond donors (Lipinski definition) is 1. The zero-order chi connectivity index (χ0) is 7.56. The molecule has 4 heteroatoms. The summed E-state index contributed by atoms with van der Waals surface area (Å²) in [6.07, 6.45) is 5.65. The largest absolute Gasteiger partial charge is 0.384 e. The normalized spacial score (nSPS) is 17.4. The molecule has 52 valence electrons. The number of rotatable bonds is 0. The van der Waals surface area contributed by atoms with Gasteiger partial charge in [-0.25, -0.2) is 0 Å². The first-order valence-corrected chi connectivity index (χ1v) is 3.54. The number of hydrogen-bond acceptors (Lipinski definition) is 3. The molecule has 0 aromatic rings. The molecule has 0 saturated heterocycles. The molecule has 0 fully saturated rings. The van der Waals surface area contributed by atoms with Crippen molar-refractivity contribution in [3.8, 4) is 6.19 Å². The summed E-state index contributed by atoms with van der Waals surface area (Å²) in [6.45, 7) is 0.567. The highest BCUT2D eigenvalue weighted by molar-refractivity contribution is 9.11. The van der Waals surface area contributed by atoms with Crippen molar-refractivity contribution in [3.05, 3.63) is 22.5 Å². The number of nitriles is 1. The molecule has 0 bridgehead atoms. The van der Waals surface area contributed by atoms with E-state index < -0.39 is 0 Å². The minimum absolute atomic E-state index is 0.477. The van der Waals surface area contributed by atoms with Crippen LogP contribution in [0.15, 0.2) is 22.5 Å². The fraction of sp³-hybridized carbons (Fsp3) is 0.167. The Hall–Kier alpha value is -0.950. The van der Waals surface area contributed by atoms with Crippen molar-refractivity contribution in [2.24, 2.45) is 5.73 Å². The van der Waals surface area contributed by atoms with E-state index in [0.29, 0.717) is 12.4 Å². The maximum Gasteiger partial charge on any atom is 0.185 e. The Morgan fingerprint density at radius 2 is 2.50 bits per heavy atom.